The molecule has 0 radical (unpaired) electrons. The number of carbonyl (C=O) groups excluding carboxylic acids is 2. The molecule has 234 valence electrons. The maximum Gasteiger partial charge on any atom is 0.262 e. The highest BCUT2D eigenvalue weighted by molar-refractivity contribution is 7.89. The van der Waals surface area contributed by atoms with E-state index in [4.69, 9.17) is 16.3 Å². The molecule has 0 bridgehead atoms. The number of amides is 2. The van der Waals surface area contributed by atoms with Gasteiger partial charge in [-0.3, -0.25) is 9.59 Å². The fraction of sp³-hybridized carbons (Fsp3) is 0.257. The van der Waals surface area contributed by atoms with Crippen LogP contribution in [0.25, 0.3) is 0 Å². The molecular formula is C35H36ClN3O5S. The summed E-state index contributed by atoms with van der Waals surface area (Å²) in [6.07, 6.45) is -0.323. The van der Waals surface area contributed by atoms with Crippen LogP contribution >= 0.6 is 11.6 Å². The largest absolute Gasteiger partial charge is 0.477 e. The van der Waals surface area contributed by atoms with Crippen molar-refractivity contribution in [1.29, 1.82) is 0 Å². The molecule has 1 atom stereocenters. The normalized spacial score (nSPS) is 14.5. The molecule has 4 aromatic carbocycles. The summed E-state index contributed by atoms with van der Waals surface area (Å²) in [6.45, 7) is 5.27. The van der Waals surface area contributed by atoms with E-state index in [-0.39, 0.29) is 23.9 Å². The molecule has 45 heavy (non-hydrogen) atoms. The number of carbonyl (C=O) groups is 2. The van der Waals surface area contributed by atoms with Crippen LogP contribution in [-0.4, -0.2) is 50.3 Å². The maximum atomic E-state index is 14.3. The Kier molecular flexibility index (Phi) is 9.92. The molecule has 2 amide bonds. The zero-order valence-electron chi connectivity index (χ0n) is 25.5. The highest BCUT2D eigenvalue weighted by Crippen LogP contribution is 2.34. The minimum absolute atomic E-state index is 0.0482. The molecule has 1 aliphatic rings. The number of rotatable bonds is 10. The first kappa shape index (κ1) is 32.2. The predicted octanol–water partition coefficient (Wildman–Crippen LogP) is 5.61. The molecule has 0 fully saturated rings. The van der Waals surface area contributed by atoms with Crippen molar-refractivity contribution in [2.75, 3.05) is 24.5 Å². The minimum Gasteiger partial charge on any atom is -0.477 e. The summed E-state index contributed by atoms with van der Waals surface area (Å²) >= 11 is 6.09. The van der Waals surface area contributed by atoms with Gasteiger partial charge in [0.1, 0.15) is 5.75 Å². The van der Waals surface area contributed by atoms with Crippen molar-refractivity contribution >= 4 is 39.1 Å². The van der Waals surface area contributed by atoms with Gasteiger partial charge in [-0.1, -0.05) is 83.9 Å². The highest BCUT2D eigenvalue weighted by atomic mass is 35.5. The van der Waals surface area contributed by atoms with Gasteiger partial charge >= 0.3 is 0 Å². The van der Waals surface area contributed by atoms with E-state index >= 15 is 0 Å². The summed E-state index contributed by atoms with van der Waals surface area (Å²) in [6, 6.07) is 27.2. The number of aryl methyl sites for hydroxylation is 3. The number of benzene rings is 4. The van der Waals surface area contributed by atoms with Crippen molar-refractivity contribution in [2.24, 2.45) is 0 Å². The molecule has 5 rings (SSSR count). The molecule has 0 aliphatic carbocycles. The van der Waals surface area contributed by atoms with Gasteiger partial charge in [0.05, 0.1) is 23.7 Å². The van der Waals surface area contributed by atoms with E-state index in [1.165, 1.54) is 9.21 Å². The van der Waals surface area contributed by atoms with Gasteiger partial charge in [0.25, 0.3) is 5.91 Å². The lowest BCUT2D eigenvalue weighted by Crippen LogP contribution is -2.53. The molecule has 1 aliphatic heterocycles. The number of fused-ring (bicyclic) bond motifs is 1. The average molecular weight is 646 g/mol. The van der Waals surface area contributed by atoms with Gasteiger partial charge in [-0.05, 0) is 73.7 Å². The van der Waals surface area contributed by atoms with Crippen molar-refractivity contribution in [2.45, 2.75) is 44.7 Å². The fourth-order valence-corrected chi connectivity index (χ4v) is 7.57. The Hall–Kier alpha value is -4.18. The number of anilines is 1. The molecule has 0 aromatic heterocycles. The summed E-state index contributed by atoms with van der Waals surface area (Å²) < 4.78 is 35.7. The number of sulfonamides is 1. The standard InChI is InChI=1S/C35H36ClN3O5S/c1-24-19-25(2)34(26(3)20-24)45(42,43)38(21-28-13-15-29(36)16-14-28)23-33(40)39-22-32(44-31-12-8-7-11-30(31)39)35(41)37-18-17-27-9-5-4-6-10-27/h4-16,19-20,32H,17-18,21-23H2,1-3H3,(H,37,41)/t32-/m0/s1. The SMILES string of the molecule is Cc1cc(C)c(S(=O)(=O)N(CC(=O)N2C[C@@H](C(=O)NCCc3ccccc3)Oc3ccccc32)Cc2ccc(Cl)cc2)c(C)c1. The fourth-order valence-electron chi connectivity index (χ4n) is 5.65. The lowest BCUT2D eigenvalue weighted by atomic mass is 10.1. The smallest absolute Gasteiger partial charge is 0.262 e. The van der Waals surface area contributed by atoms with Crippen LogP contribution in [-0.2, 0) is 32.6 Å². The topological polar surface area (TPSA) is 96.0 Å². The average Bonchev–Trinajstić information content (AvgIpc) is 3.01. The number of ether oxygens (including phenoxy) is 1. The second-order valence-electron chi connectivity index (χ2n) is 11.2. The summed E-state index contributed by atoms with van der Waals surface area (Å²) in [5.41, 5.74) is 4.39. The van der Waals surface area contributed by atoms with Crippen LogP contribution in [0, 0.1) is 20.8 Å². The van der Waals surface area contributed by atoms with E-state index in [9.17, 15) is 18.0 Å². The van der Waals surface area contributed by atoms with Crippen molar-refractivity contribution in [1.82, 2.24) is 9.62 Å². The first-order valence-corrected chi connectivity index (χ1v) is 16.5. The Morgan fingerprint density at radius 2 is 1.56 bits per heavy atom. The van der Waals surface area contributed by atoms with Crippen molar-refractivity contribution < 1.29 is 22.7 Å². The molecule has 4 aromatic rings. The molecular weight excluding hydrogens is 610 g/mol. The third-order valence-corrected chi connectivity index (χ3v) is 10.1. The number of nitrogens with zero attached hydrogens (tertiary/aromatic N) is 2. The van der Waals surface area contributed by atoms with Gasteiger partial charge in [-0.25, -0.2) is 8.42 Å². The molecule has 0 saturated carbocycles. The summed E-state index contributed by atoms with van der Waals surface area (Å²) in [4.78, 5) is 28.9. The van der Waals surface area contributed by atoms with Gasteiger partial charge in [0, 0.05) is 18.1 Å². The maximum absolute atomic E-state index is 14.3. The van der Waals surface area contributed by atoms with E-state index in [2.05, 4.69) is 5.32 Å². The Bertz CT molecular complexity index is 1770. The second kappa shape index (κ2) is 13.9. The second-order valence-corrected chi connectivity index (χ2v) is 13.5. The number of hydrogen-bond donors (Lipinski definition) is 1. The zero-order chi connectivity index (χ0) is 32.1. The quantitative estimate of drug-likeness (QED) is 0.242. The van der Waals surface area contributed by atoms with Crippen LogP contribution in [0.1, 0.15) is 27.8 Å². The van der Waals surface area contributed by atoms with Crippen LogP contribution in [0.15, 0.2) is 95.9 Å². The number of para-hydroxylation sites is 2. The van der Waals surface area contributed by atoms with Crippen molar-refractivity contribution in [3.05, 3.63) is 124 Å². The molecule has 0 unspecified atom stereocenters. The predicted molar refractivity (Wildman–Crippen MR) is 176 cm³/mol. The minimum atomic E-state index is -4.12. The van der Waals surface area contributed by atoms with Gasteiger partial charge in [0.15, 0.2) is 6.10 Å². The van der Waals surface area contributed by atoms with Crippen LogP contribution in [0.3, 0.4) is 0 Å². The molecule has 1 heterocycles. The van der Waals surface area contributed by atoms with Crippen molar-refractivity contribution in [3.63, 3.8) is 0 Å². The summed E-state index contributed by atoms with van der Waals surface area (Å²) in [5, 5.41) is 3.43. The van der Waals surface area contributed by atoms with E-state index in [1.807, 2.05) is 49.4 Å². The van der Waals surface area contributed by atoms with Crippen molar-refractivity contribution in [3.8, 4) is 5.75 Å². The molecule has 1 N–H and O–H groups in total. The summed E-state index contributed by atoms with van der Waals surface area (Å²) in [7, 11) is -4.12. The van der Waals surface area contributed by atoms with Gasteiger partial charge in [-0.2, -0.15) is 4.31 Å². The number of nitrogens with one attached hydrogen (secondary N) is 1. The third kappa shape index (κ3) is 7.56. The zero-order valence-corrected chi connectivity index (χ0v) is 27.1. The van der Waals surface area contributed by atoms with Gasteiger partial charge < -0.3 is 15.0 Å². The Balaban J connectivity index is 1.41. The lowest BCUT2D eigenvalue weighted by molar-refractivity contribution is -0.128. The van der Waals surface area contributed by atoms with Gasteiger partial charge in [0.2, 0.25) is 15.9 Å². The number of halogens is 1. The van der Waals surface area contributed by atoms with E-state index in [0.29, 0.717) is 46.1 Å². The molecule has 0 saturated heterocycles. The molecule has 0 spiro atoms. The molecule has 10 heteroatoms. The Morgan fingerprint density at radius 3 is 2.24 bits per heavy atom. The van der Waals surface area contributed by atoms with E-state index in [1.54, 1.807) is 62.4 Å². The van der Waals surface area contributed by atoms with E-state index < -0.39 is 28.6 Å². The Morgan fingerprint density at radius 1 is 0.911 bits per heavy atom. The first-order chi connectivity index (χ1) is 21.5. The number of hydrogen-bond acceptors (Lipinski definition) is 5. The highest BCUT2D eigenvalue weighted by Gasteiger charge is 2.37. The lowest BCUT2D eigenvalue weighted by Gasteiger charge is -2.35. The van der Waals surface area contributed by atoms with E-state index in [0.717, 1.165) is 11.1 Å². The van der Waals surface area contributed by atoms with Crippen LogP contribution < -0.4 is 15.0 Å². The monoisotopic (exact) mass is 645 g/mol. The third-order valence-electron chi connectivity index (χ3n) is 7.71. The molecule has 8 nitrogen and oxygen atoms in total. The van der Waals surface area contributed by atoms with Crippen LogP contribution in [0.2, 0.25) is 5.02 Å². The Labute approximate surface area is 269 Å². The van der Waals surface area contributed by atoms with Gasteiger partial charge in [-0.15, -0.1) is 0 Å². The first-order valence-electron chi connectivity index (χ1n) is 14.7. The summed E-state index contributed by atoms with van der Waals surface area (Å²) in [5.74, 6) is -0.458. The van der Waals surface area contributed by atoms with Crippen LogP contribution in [0.5, 0.6) is 5.75 Å². The van der Waals surface area contributed by atoms with Crippen LogP contribution in [0.4, 0.5) is 5.69 Å².